The number of carbonyl (C=O) groups excluding carboxylic acids is 3. The van der Waals surface area contributed by atoms with E-state index in [9.17, 15) is 27.6 Å². The van der Waals surface area contributed by atoms with E-state index in [4.69, 9.17) is 10.5 Å². The van der Waals surface area contributed by atoms with Gasteiger partial charge in [-0.05, 0) is 54.8 Å². The SMILES string of the molecule is NC(=O)C1CCCCC1C(=O)N(OC(=O)C(F)(F)F)c1ccc(CCOc2ccc3ncccc3c2)cc1. The van der Waals surface area contributed by atoms with E-state index < -0.39 is 35.8 Å². The van der Waals surface area contributed by atoms with Crippen molar-refractivity contribution in [3.63, 3.8) is 0 Å². The molecule has 11 heteroatoms. The number of carbonyl (C=O) groups is 3. The molecule has 4 rings (SSSR count). The number of pyridine rings is 1. The zero-order chi connectivity index (χ0) is 27.3. The predicted molar refractivity (Wildman–Crippen MR) is 132 cm³/mol. The summed E-state index contributed by atoms with van der Waals surface area (Å²) in [5.41, 5.74) is 6.97. The van der Waals surface area contributed by atoms with Crippen LogP contribution in [0.5, 0.6) is 5.75 Å². The fourth-order valence-corrected chi connectivity index (χ4v) is 4.51. The van der Waals surface area contributed by atoms with Crippen LogP contribution in [0.25, 0.3) is 10.9 Å². The lowest BCUT2D eigenvalue weighted by molar-refractivity contribution is -0.202. The Kier molecular flexibility index (Phi) is 8.13. The molecule has 3 aromatic rings. The molecule has 8 nitrogen and oxygen atoms in total. The minimum atomic E-state index is -5.32. The maximum atomic E-state index is 13.2. The highest BCUT2D eigenvalue weighted by Crippen LogP contribution is 2.33. The number of fused-ring (bicyclic) bond motifs is 1. The van der Waals surface area contributed by atoms with Gasteiger partial charge in [0.2, 0.25) is 5.91 Å². The molecule has 1 saturated carbocycles. The Morgan fingerprint density at radius 3 is 2.39 bits per heavy atom. The van der Waals surface area contributed by atoms with Crippen LogP contribution in [0.15, 0.2) is 60.8 Å². The van der Waals surface area contributed by atoms with E-state index in [0.717, 1.165) is 16.5 Å². The Balaban J connectivity index is 1.46. The summed E-state index contributed by atoms with van der Waals surface area (Å²) in [5.74, 6) is -5.37. The minimum Gasteiger partial charge on any atom is -0.493 e. The van der Waals surface area contributed by atoms with Crippen molar-refractivity contribution in [1.82, 2.24) is 4.98 Å². The van der Waals surface area contributed by atoms with Crippen LogP contribution >= 0.6 is 0 Å². The van der Waals surface area contributed by atoms with Crippen LogP contribution in [-0.4, -0.2) is 35.6 Å². The molecule has 1 fully saturated rings. The van der Waals surface area contributed by atoms with Crippen LogP contribution in [0, 0.1) is 11.8 Å². The van der Waals surface area contributed by atoms with Gasteiger partial charge in [0.15, 0.2) is 0 Å². The van der Waals surface area contributed by atoms with Gasteiger partial charge in [0, 0.05) is 23.9 Å². The maximum absolute atomic E-state index is 13.2. The smallest absolute Gasteiger partial charge is 0.493 e. The molecule has 200 valence electrons. The quantitative estimate of drug-likeness (QED) is 0.451. The molecule has 0 bridgehead atoms. The van der Waals surface area contributed by atoms with Gasteiger partial charge in [-0.3, -0.25) is 14.6 Å². The summed E-state index contributed by atoms with van der Waals surface area (Å²) in [4.78, 5) is 45.5. The van der Waals surface area contributed by atoms with E-state index in [1.807, 2.05) is 30.3 Å². The molecule has 1 heterocycles. The second kappa shape index (κ2) is 11.5. The molecule has 0 radical (unpaired) electrons. The van der Waals surface area contributed by atoms with Crippen molar-refractivity contribution < 1.29 is 37.1 Å². The van der Waals surface area contributed by atoms with Crippen molar-refractivity contribution in [3.8, 4) is 5.75 Å². The molecular formula is C27H26F3N3O5. The number of hydrogen-bond donors (Lipinski definition) is 1. The first kappa shape index (κ1) is 26.9. The lowest BCUT2D eigenvalue weighted by atomic mass is 9.78. The number of aromatic nitrogens is 1. The predicted octanol–water partition coefficient (Wildman–Crippen LogP) is 4.50. The van der Waals surface area contributed by atoms with E-state index in [0.29, 0.717) is 43.1 Å². The summed E-state index contributed by atoms with van der Waals surface area (Å²) in [6.07, 6.45) is -1.32. The van der Waals surface area contributed by atoms with Crippen LogP contribution in [0.3, 0.4) is 0 Å². The number of benzene rings is 2. The average Bonchev–Trinajstić information content (AvgIpc) is 2.91. The van der Waals surface area contributed by atoms with Gasteiger partial charge in [0.05, 0.1) is 23.7 Å². The molecule has 0 saturated heterocycles. The molecule has 38 heavy (non-hydrogen) atoms. The Labute approximate surface area is 216 Å². The molecule has 2 amide bonds. The molecular weight excluding hydrogens is 503 g/mol. The molecule has 2 aromatic carbocycles. The van der Waals surface area contributed by atoms with Crippen molar-refractivity contribution >= 4 is 34.4 Å². The summed E-state index contributed by atoms with van der Waals surface area (Å²) < 4.78 is 44.7. The molecule has 1 aliphatic carbocycles. The number of hydroxylamine groups is 1. The van der Waals surface area contributed by atoms with Crippen molar-refractivity contribution in [2.75, 3.05) is 11.7 Å². The molecule has 1 aliphatic rings. The molecule has 0 aliphatic heterocycles. The Bertz CT molecular complexity index is 1310. The number of amides is 2. The Morgan fingerprint density at radius 2 is 1.71 bits per heavy atom. The zero-order valence-electron chi connectivity index (χ0n) is 20.3. The molecule has 1 aromatic heterocycles. The lowest BCUT2D eigenvalue weighted by Crippen LogP contribution is -2.46. The number of alkyl halides is 3. The normalized spacial score (nSPS) is 17.6. The van der Waals surface area contributed by atoms with Gasteiger partial charge in [0.1, 0.15) is 5.75 Å². The van der Waals surface area contributed by atoms with Gasteiger partial charge in [-0.15, -0.1) is 5.06 Å². The highest BCUT2D eigenvalue weighted by Gasteiger charge is 2.45. The second-order valence-corrected chi connectivity index (χ2v) is 9.03. The number of ether oxygens (including phenoxy) is 1. The highest BCUT2D eigenvalue weighted by atomic mass is 19.4. The summed E-state index contributed by atoms with van der Waals surface area (Å²) in [5, 5.41) is 1.26. The van der Waals surface area contributed by atoms with E-state index in [2.05, 4.69) is 9.82 Å². The van der Waals surface area contributed by atoms with Crippen LogP contribution in [0.2, 0.25) is 0 Å². The van der Waals surface area contributed by atoms with Gasteiger partial charge in [-0.1, -0.05) is 31.0 Å². The Hall–Kier alpha value is -4.15. The number of anilines is 1. The average molecular weight is 530 g/mol. The number of nitrogens with two attached hydrogens (primary N) is 1. The van der Waals surface area contributed by atoms with Crippen molar-refractivity contribution in [3.05, 3.63) is 66.4 Å². The van der Waals surface area contributed by atoms with Gasteiger partial charge in [-0.2, -0.15) is 13.2 Å². The fourth-order valence-electron chi connectivity index (χ4n) is 4.51. The first-order chi connectivity index (χ1) is 18.1. The third-order valence-corrected chi connectivity index (χ3v) is 6.46. The Morgan fingerprint density at radius 1 is 1.00 bits per heavy atom. The zero-order valence-corrected chi connectivity index (χ0v) is 20.3. The number of rotatable bonds is 7. The lowest BCUT2D eigenvalue weighted by Gasteiger charge is -2.32. The van der Waals surface area contributed by atoms with E-state index in [1.54, 1.807) is 18.3 Å². The first-order valence-corrected chi connectivity index (χ1v) is 12.1. The summed E-state index contributed by atoms with van der Waals surface area (Å²) in [7, 11) is 0. The summed E-state index contributed by atoms with van der Waals surface area (Å²) in [6.45, 7) is 0.319. The van der Waals surface area contributed by atoms with E-state index in [-0.39, 0.29) is 12.1 Å². The molecule has 0 spiro atoms. The summed E-state index contributed by atoms with van der Waals surface area (Å²) >= 11 is 0. The van der Waals surface area contributed by atoms with Gasteiger partial charge >= 0.3 is 12.1 Å². The molecule has 2 atom stereocenters. The van der Waals surface area contributed by atoms with Crippen molar-refractivity contribution in [2.24, 2.45) is 17.6 Å². The monoisotopic (exact) mass is 529 g/mol. The maximum Gasteiger partial charge on any atom is 0.493 e. The minimum absolute atomic E-state index is 0.0758. The van der Waals surface area contributed by atoms with Crippen LogP contribution in [0.4, 0.5) is 18.9 Å². The summed E-state index contributed by atoms with van der Waals surface area (Å²) in [6, 6.07) is 15.2. The number of halogens is 3. The van der Waals surface area contributed by atoms with Crippen molar-refractivity contribution in [1.29, 1.82) is 0 Å². The van der Waals surface area contributed by atoms with Gasteiger partial charge < -0.3 is 15.3 Å². The highest BCUT2D eigenvalue weighted by molar-refractivity contribution is 5.98. The third kappa shape index (κ3) is 6.39. The second-order valence-electron chi connectivity index (χ2n) is 9.03. The fraction of sp³-hybridized carbons (Fsp3) is 0.333. The number of hydrogen-bond acceptors (Lipinski definition) is 6. The van der Waals surface area contributed by atoms with Crippen LogP contribution in [0.1, 0.15) is 31.2 Å². The number of nitrogens with zero attached hydrogens (tertiary/aromatic N) is 2. The molecule has 2 N–H and O–H groups in total. The van der Waals surface area contributed by atoms with Crippen LogP contribution < -0.4 is 15.5 Å². The third-order valence-electron chi connectivity index (χ3n) is 6.46. The van der Waals surface area contributed by atoms with Crippen molar-refractivity contribution in [2.45, 2.75) is 38.3 Å². The topological polar surface area (TPSA) is 112 Å². The largest absolute Gasteiger partial charge is 0.493 e. The first-order valence-electron chi connectivity index (χ1n) is 12.1. The van der Waals surface area contributed by atoms with Crippen LogP contribution in [-0.2, 0) is 25.6 Å². The standard InChI is InChI=1S/C27H26F3N3O5/c28-27(29,30)26(36)38-33(25(35)22-6-2-1-5-21(22)24(31)34)19-9-7-17(8-10-19)13-15-37-20-11-12-23-18(16-20)4-3-14-32-23/h3-4,7-12,14,16,21-22H,1-2,5-6,13,15H2,(H2,31,34). The number of primary amides is 1. The van der Waals surface area contributed by atoms with E-state index in [1.165, 1.54) is 12.1 Å². The van der Waals surface area contributed by atoms with Gasteiger partial charge in [-0.25, -0.2) is 4.79 Å². The molecule has 2 unspecified atom stereocenters. The van der Waals surface area contributed by atoms with E-state index >= 15 is 0 Å². The van der Waals surface area contributed by atoms with Gasteiger partial charge in [0.25, 0.3) is 5.91 Å².